The van der Waals surface area contributed by atoms with Crippen molar-refractivity contribution in [3.05, 3.63) is 28.2 Å². The Kier molecular flexibility index (Phi) is 4.91. The van der Waals surface area contributed by atoms with Crippen molar-refractivity contribution in [1.82, 2.24) is 0 Å². The lowest BCUT2D eigenvalue weighted by Gasteiger charge is -2.32. The minimum Gasteiger partial charge on any atom is -0.368 e. The molecule has 1 fully saturated rings. The molecule has 1 saturated heterocycles. The highest BCUT2D eigenvalue weighted by atomic mass is 79.9. The fourth-order valence-electron chi connectivity index (χ4n) is 3.11. The molecule has 0 radical (unpaired) electrons. The highest BCUT2D eigenvalue weighted by Gasteiger charge is 2.28. The highest BCUT2D eigenvalue weighted by Crippen LogP contribution is 2.34. The Morgan fingerprint density at radius 1 is 1.37 bits per heavy atom. The molecule has 0 bridgehead atoms. The first-order chi connectivity index (χ1) is 8.99. The Hall–Kier alpha value is -0.540. The van der Waals surface area contributed by atoms with Crippen LogP contribution < -0.4 is 10.6 Å². The molecule has 0 amide bonds. The third-order valence-corrected chi connectivity index (χ3v) is 4.46. The van der Waals surface area contributed by atoms with Crippen LogP contribution in [0.25, 0.3) is 0 Å². The second-order valence-electron chi connectivity index (χ2n) is 6.10. The van der Waals surface area contributed by atoms with Crippen LogP contribution in [0.15, 0.2) is 22.7 Å². The zero-order valence-corrected chi connectivity index (χ0v) is 13.8. The fraction of sp³-hybridized carbons (Fsp3) is 0.625. The standard InChI is InChI=1S/C16H25BrN2/c1-11(2)15-5-4-8-19(15)16-10-14(17)7-6-13(16)9-12(3)18/h6-7,10-12,15H,4-5,8-9,18H2,1-3H3. The maximum absolute atomic E-state index is 5.99. The van der Waals surface area contributed by atoms with E-state index >= 15 is 0 Å². The van der Waals surface area contributed by atoms with E-state index in [4.69, 9.17) is 5.73 Å². The molecule has 0 aromatic heterocycles. The summed E-state index contributed by atoms with van der Waals surface area (Å²) in [4.78, 5) is 2.59. The summed E-state index contributed by atoms with van der Waals surface area (Å²) < 4.78 is 1.16. The van der Waals surface area contributed by atoms with Crippen molar-refractivity contribution < 1.29 is 0 Å². The van der Waals surface area contributed by atoms with Crippen LogP contribution in [0.4, 0.5) is 5.69 Å². The molecule has 2 rings (SSSR count). The molecular weight excluding hydrogens is 300 g/mol. The van der Waals surface area contributed by atoms with Crippen LogP contribution >= 0.6 is 15.9 Å². The maximum atomic E-state index is 5.99. The van der Waals surface area contributed by atoms with E-state index in [-0.39, 0.29) is 6.04 Å². The lowest BCUT2D eigenvalue weighted by atomic mass is 9.99. The van der Waals surface area contributed by atoms with Gasteiger partial charge in [-0.25, -0.2) is 0 Å². The number of hydrogen-bond donors (Lipinski definition) is 1. The topological polar surface area (TPSA) is 29.3 Å². The number of halogens is 1. The lowest BCUT2D eigenvalue weighted by molar-refractivity contribution is 0.491. The van der Waals surface area contributed by atoms with Crippen LogP contribution in [0, 0.1) is 5.92 Å². The molecule has 19 heavy (non-hydrogen) atoms. The molecule has 106 valence electrons. The van der Waals surface area contributed by atoms with Gasteiger partial charge in [-0.1, -0.05) is 35.8 Å². The van der Waals surface area contributed by atoms with Gasteiger partial charge in [0, 0.05) is 28.8 Å². The maximum Gasteiger partial charge on any atom is 0.0413 e. The monoisotopic (exact) mass is 324 g/mol. The minimum absolute atomic E-state index is 0.208. The minimum atomic E-state index is 0.208. The van der Waals surface area contributed by atoms with Gasteiger partial charge in [0.2, 0.25) is 0 Å². The first-order valence-electron chi connectivity index (χ1n) is 7.29. The normalized spacial score (nSPS) is 21.2. The van der Waals surface area contributed by atoms with Crippen LogP contribution in [-0.2, 0) is 6.42 Å². The summed E-state index contributed by atoms with van der Waals surface area (Å²) in [6.07, 6.45) is 3.55. The van der Waals surface area contributed by atoms with Gasteiger partial charge >= 0.3 is 0 Å². The third-order valence-electron chi connectivity index (χ3n) is 3.97. The fourth-order valence-corrected chi connectivity index (χ4v) is 3.46. The first kappa shape index (κ1) is 14.9. The Bertz CT molecular complexity index is 429. The molecule has 2 N–H and O–H groups in total. The van der Waals surface area contributed by atoms with Gasteiger partial charge in [0.05, 0.1) is 0 Å². The van der Waals surface area contributed by atoms with Crippen molar-refractivity contribution in [3.8, 4) is 0 Å². The van der Waals surface area contributed by atoms with Crippen LogP contribution in [0.1, 0.15) is 39.2 Å². The summed E-state index contributed by atoms with van der Waals surface area (Å²) in [7, 11) is 0. The zero-order valence-electron chi connectivity index (χ0n) is 12.2. The van der Waals surface area contributed by atoms with E-state index in [1.54, 1.807) is 0 Å². The Morgan fingerprint density at radius 3 is 2.74 bits per heavy atom. The summed E-state index contributed by atoms with van der Waals surface area (Å²) in [5, 5.41) is 0. The highest BCUT2D eigenvalue weighted by molar-refractivity contribution is 9.10. The average molecular weight is 325 g/mol. The largest absolute Gasteiger partial charge is 0.368 e. The molecule has 2 unspecified atom stereocenters. The summed E-state index contributed by atoms with van der Waals surface area (Å²) in [5.41, 5.74) is 8.75. The van der Waals surface area contributed by atoms with Crippen molar-refractivity contribution in [1.29, 1.82) is 0 Å². The first-order valence-corrected chi connectivity index (χ1v) is 8.09. The van der Waals surface area contributed by atoms with Gasteiger partial charge in [-0.05, 0) is 49.8 Å². The van der Waals surface area contributed by atoms with E-state index in [1.165, 1.54) is 30.6 Å². The summed E-state index contributed by atoms with van der Waals surface area (Å²) in [6, 6.07) is 7.49. The van der Waals surface area contributed by atoms with Crippen LogP contribution in [-0.4, -0.2) is 18.6 Å². The van der Waals surface area contributed by atoms with E-state index in [9.17, 15) is 0 Å². The molecule has 1 aliphatic heterocycles. The van der Waals surface area contributed by atoms with Crippen LogP contribution in [0.2, 0.25) is 0 Å². The predicted octanol–water partition coefficient (Wildman–Crippen LogP) is 3.96. The smallest absolute Gasteiger partial charge is 0.0413 e. The van der Waals surface area contributed by atoms with E-state index < -0.39 is 0 Å². The molecular formula is C16H25BrN2. The van der Waals surface area contributed by atoms with E-state index in [2.05, 4.69) is 59.8 Å². The van der Waals surface area contributed by atoms with Gasteiger partial charge in [-0.3, -0.25) is 0 Å². The summed E-state index contributed by atoms with van der Waals surface area (Å²) in [6.45, 7) is 7.90. The quantitative estimate of drug-likeness (QED) is 0.908. The van der Waals surface area contributed by atoms with Gasteiger partial charge in [0.25, 0.3) is 0 Å². The average Bonchev–Trinajstić information content (AvgIpc) is 2.79. The molecule has 0 aliphatic carbocycles. The number of rotatable bonds is 4. The van der Waals surface area contributed by atoms with E-state index in [1.807, 2.05) is 0 Å². The molecule has 1 aliphatic rings. The number of nitrogens with two attached hydrogens (primary N) is 1. The number of nitrogens with zero attached hydrogens (tertiary/aromatic N) is 1. The molecule has 0 saturated carbocycles. The predicted molar refractivity (Wildman–Crippen MR) is 86.7 cm³/mol. The number of anilines is 1. The van der Waals surface area contributed by atoms with E-state index in [0.29, 0.717) is 12.0 Å². The van der Waals surface area contributed by atoms with Gasteiger partial charge < -0.3 is 10.6 Å². The van der Waals surface area contributed by atoms with Crippen molar-refractivity contribution in [2.24, 2.45) is 11.7 Å². The van der Waals surface area contributed by atoms with Gasteiger partial charge in [-0.2, -0.15) is 0 Å². The van der Waals surface area contributed by atoms with Crippen molar-refractivity contribution >= 4 is 21.6 Å². The molecule has 2 atom stereocenters. The Balaban J connectivity index is 2.33. The molecule has 0 spiro atoms. The van der Waals surface area contributed by atoms with Gasteiger partial charge in [-0.15, -0.1) is 0 Å². The molecule has 1 aromatic carbocycles. The molecule has 3 heteroatoms. The second-order valence-corrected chi connectivity index (χ2v) is 7.02. The molecule has 2 nitrogen and oxygen atoms in total. The molecule has 1 heterocycles. The molecule has 1 aromatic rings. The van der Waals surface area contributed by atoms with Crippen molar-refractivity contribution in [2.75, 3.05) is 11.4 Å². The number of hydrogen-bond acceptors (Lipinski definition) is 2. The SMILES string of the molecule is CC(N)Cc1ccc(Br)cc1N1CCCC1C(C)C. The van der Waals surface area contributed by atoms with Crippen LogP contribution in [0.5, 0.6) is 0 Å². The van der Waals surface area contributed by atoms with Crippen molar-refractivity contribution in [3.63, 3.8) is 0 Å². The van der Waals surface area contributed by atoms with E-state index in [0.717, 1.165) is 10.9 Å². The number of benzene rings is 1. The third kappa shape index (κ3) is 3.51. The van der Waals surface area contributed by atoms with Gasteiger partial charge in [0.15, 0.2) is 0 Å². The van der Waals surface area contributed by atoms with Gasteiger partial charge in [0.1, 0.15) is 0 Å². The second kappa shape index (κ2) is 6.27. The van der Waals surface area contributed by atoms with Crippen molar-refractivity contribution in [2.45, 2.75) is 52.1 Å². The Labute approximate surface area is 125 Å². The summed E-state index contributed by atoms with van der Waals surface area (Å²) >= 11 is 3.61. The Morgan fingerprint density at radius 2 is 2.11 bits per heavy atom. The van der Waals surface area contributed by atoms with Crippen LogP contribution in [0.3, 0.4) is 0 Å². The lowest BCUT2D eigenvalue weighted by Crippen LogP contribution is -2.34. The zero-order chi connectivity index (χ0) is 14.0. The summed E-state index contributed by atoms with van der Waals surface area (Å²) in [5.74, 6) is 0.699.